The van der Waals surface area contributed by atoms with Crippen LogP contribution in [0.3, 0.4) is 0 Å². The van der Waals surface area contributed by atoms with E-state index in [9.17, 15) is 4.79 Å². The molecule has 0 saturated carbocycles. The number of carbonyl (C=O) groups is 1. The molecule has 0 aromatic rings. The first-order chi connectivity index (χ1) is 3.77. The molecule has 0 aliphatic carbocycles. The van der Waals surface area contributed by atoms with Crippen molar-refractivity contribution >= 4 is 5.91 Å². The van der Waals surface area contributed by atoms with Gasteiger partial charge in [-0.15, -0.1) is 0 Å². The molecule has 8 heavy (non-hydrogen) atoms. The molecular weight excluding hydrogens is 102 g/mol. The summed E-state index contributed by atoms with van der Waals surface area (Å²) in [6.07, 6.45) is 4.78. The van der Waals surface area contributed by atoms with Crippen molar-refractivity contribution in [2.75, 3.05) is 0 Å². The molecule has 0 heterocycles. The highest BCUT2D eigenvalue weighted by Gasteiger charge is 1.77. The Morgan fingerprint density at radius 1 is 1.75 bits per heavy atom. The third-order valence-corrected chi connectivity index (χ3v) is 0.519. The van der Waals surface area contributed by atoms with Crippen LogP contribution < -0.4 is 5.32 Å². The molecule has 0 aromatic carbocycles. The van der Waals surface area contributed by atoms with Gasteiger partial charge in [-0.3, -0.25) is 4.79 Å². The SMILES string of the molecule is C=CC=CNC(C)=O. The first kappa shape index (κ1) is 6.95. The molecule has 2 heteroatoms. The van der Waals surface area contributed by atoms with Crippen LogP contribution in [0.5, 0.6) is 0 Å². The Labute approximate surface area is 48.9 Å². The molecule has 44 valence electrons. The standard InChI is InChI=1S/C6H9NO/c1-3-4-5-7-6(2)8/h3-5H,1H2,2H3,(H,7,8). The Bertz CT molecular complexity index is 116. The first-order valence-electron chi connectivity index (χ1n) is 2.32. The quantitative estimate of drug-likeness (QED) is 0.525. The molecule has 0 rings (SSSR count). The predicted octanol–water partition coefficient (Wildman–Crippen LogP) is 0.822. The van der Waals surface area contributed by atoms with E-state index >= 15 is 0 Å². The van der Waals surface area contributed by atoms with Crippen molar-refractivity contribution in [1.82, 2.24) is 5.32 Å². The second-order valence-electron chi connectivity index (χ2n) is 1.30. The van der Waals surface area contributed by atoms with Gasteiger partial charge >= 0.3 is 0 Å². The minimum atomic E-state index is -0.0666. The summed E-state index contributed by atoms with van der Waals surface area (Å²) >= 11 is 0. The number of hydrogen-bond donors (Lipinski definition) is 1. The van der Waals surface area contributed by atoms with E-state index < -0.39 is 0 Å². The van der Waals surface area contributed by atoms with Gasteiger partial charge in [0.25, 0.3) is 0 Å². The molecule has 0 saturated heterocycles. The monoisotopic (exact) mass is 111 g/mol. The smallest absolute Gasteiger partial charge is 0.220 e. The normalized spacial score (nSPS) is 9.12. The van der Waals surface area contributed by atoms with Crippen LogP contribution in [0.2, 0.25) is 0 Å². The van der Waals surface area contributed by atoms with E-state index in [0.717, 1.165) is 0 Å². The number of allylic oxidation sites excluding steroid dienone is 2. The summed E-state index contributed by atoms with van der Waals surface area (Å²) < 4.78 is 0. The fraction of sp³-hybridized carbons (Fsp3) is 0.167. The molecule has 0 aromatic heterocycles. The van der Waals surface area contributed by atoms with Crippen molar-refractivity contribution in [3.05, 3.63) is 24.9 Å². The molecule has 0 unspecified atom stereocenters. The Balaban J connectivity index is 3.29. The minimum absolute atomic E-state index is 0.0666. The lowest BCUT2D eigenvalue weighted by molar-refractivity contribution is -0.118. The van der Waals surface area contributed by atoms with Crippen LogP contribution in [0.4, 0.5) is 0 Å². The lowest BCUT2D eigenvalue weighted by Gasteiger charge is -1.85. The van der Waals surface area contributed by atoms with Crippen LogP contribution in [-0.2, 0) is 4.79 Å². The summed E-state index contributed by atoms with van der Waals surface area (Å²) in [5, 5.41) is 2.46. The molecule has 0 fully saturated rings. The van der Waals surface area contributed by atoms with Crippen molar-refractivity contribution in [2.45, 2.75) is 6.92 Å². The van der Waals surface area contributed by atoms with E-state index in [1.165, 1.54) is 13.1 Å². The van der Waals surface area contributed by atoms with Crippen LogP contribution in [0.25, 0.3) is 0 Å². The maximum Gasteiger partial charge on any atom is 0.220 e. The van der Waals surface area contributed by atoms with Gasteiger partial charge in [0.15, 0.2) is 0 Å². The van der Waals surface area contributed by atoms with Gasteiger partial charge in [0.05, 0.1) is 0 Å². The fourth-order valence-electron chi connectivity index (χ4n) is 0.234. The molecule has 0 radical (unpaired) electrons. The zero-order valence-electron chi connectivity index (χ0n) is 4.85. The number of hydrogen-bond acceptors (Lipinski definition) is 1. The zero-order chi connectivity index (χ0) is 6.41. The predicted molar refractivity (Wildman–Crippen MR) is 33.2 cm³/mol. The Kier molecular flexibility index (Phi) is 3.58. The van der Waals surface area contributed by atoms with Gasteiger partial charge in [0.2, 0.25) is 5.91 Å². The number of nitrogens with one attached hydrogen (secondary N) is 1. The fourth-order valence-corrected chi connectivity index (χ4v) is 0.234. The number of carbonyl (C=O) groups excluding carboxylic acids is 1. The van der Waals surface area contributed by atoms with E-state index in [-0.39, 0.29) is 5.91 Å². The Morgan fingerprint density at radius 3 is 2.75 bits per heavy atom. The molecule has 0 bridgehead atoms. The minimum Gasteiger partial charge on any atom is -0.333 e. The highest BCUT2D eigenvalue weighted by molar-refractivity contribution is 5.73. The molecule has 1 N–H and O–H groups in total. The van der Waals surface area contributed by atoms with Gasteiger partial charge in [-0.25, -0.2) is 0 Å². The van der Waals surface area contributed by atoms with E-state index in [1.807, 2.05) is 0 Å². The third-order valence-electron chi connectivity index (χ3n) is 0.519. The van der Waals surface area contributed by atoms with Crippen LogP contribution in [0.1, 0.15) is 6.92 Å². The molecule has 0 spiro atoms. The second kappa shape index (κ2) is 4.12. The van der Waals surface area contributed by atoms with Gasteiger partial charge in [0.1, 0.15) is 0 Å². The average Bonchev–Trinajstić information content (AvgIpc) is 1.66. The molecular formula is C6H9NO. The summed E-state index contributed by atoms with van der Waals surface area (Å²) in [5.74, 6) is -0.0666. The molecule has 0 aliphatic heterocycles. The Hall–Kier alpha value is -1.05. The lowest BCUT2D eigenvalue weighted by atomic mass is 10.6. The highest BCUT2D eigenvalue weighted by Crippen LogP contribution is 1.66. The third kappa shape index (κ3) is 4.95. The van der Waals surface area contributed by atoms with Gasteiger partial charge in [-0.05, 0) is 6.08 Å². The van der Waals surface area contributed by atoms with Gasteiger partial charge in [-0.1, -0.05) is 12.7 Å². The largest absolute Gasteiger partial charge is 0.333 e. The summed E-state index contributed by atoms with van der Waals surface area (Å²) in [7, 11) is 0. The first-order valence-corrected chi connectivity index (χ1v) is 2.32. The van der Waals surface area contributed by atoms with Crippen molar-refractivity contribution in [3.63, 3.8) is 0 Å². The maximum atomic E-state index is 10.1. The summed E-state index contributed by atoms with van der Waals surface area (Å²) in [6, 6.07) is 0. The van der Waals surface area contributed by atoms with Crippen LogP contribution in [-0.4, -0.2) is 5.91 Å². The molecule has 0 aliphatic rings. The summed E-state index contributed by atoms with van der Waals surface area (Å²) in [5.41, 5.74) is 0. The molecule has 1 amide bonds. The van der Waals surface area contributed by atoms with Gasteiger partial charge in [-0.2, -0.15) is 0 Å². The topological polar surface area (TPSA) is 29.1 Å². The summed E-state index contributed by atoms with van der Waals surface area (Å²) in [4.78, 5) is 10.1. The zero-order valence-corrected chi connectivity index (χ0v) is 4.85. The second-order valence-corrected chi connectivity index (χ2v) is 1.30. The highest BCUT2D eigenvalue weighted by atomic mass is 16.1. The van der Waals surface area contributed by atoms with E-state index in [4.69, 9.17) is 0 Å². The van der Waals surface area contributed by atoms with Crippen LogP contribution in [0.15, 0.2) is 24.9 Å². The number of amides is 1. The van der Waals surface area contributed by atoms with Crippen LogP contribution >= 0.6 is 0 Å². The maximum absolute atomic E-state index is 10.1. The van der Waals surface area contributed by atoms with Crippen molar-refractivity contribution < 1.29 is 4.79 Å². The van der Waals surface area contributed by atoms with Crippen molar-refractivity contribution in [3.8, 4) is 0 Å². The van der Waals surface area contributed by atoms with Crippen LogP contribution in [0, 0.1) is 0 Å². The molecule has 2 nitrogen and oxygen atoms in total. The lowest BCUT2D eigenvalue weighted by Crippen LogP contribution is -2.10. The van der Waals surface area contributed by atoms with E-state index in [2.05, 4.69) is 11.9 Å². The molecule has 0 atom stereocenters. The van der Waals surface area contributed by atoms with Crippen molar-refractivity contribution in [1.29, 1.82) is 0 Å². The average molecular weight is 111 g/mol. The van der Waals surface area contributed by atoms with Gasteiger partial charge < -0.3 is 5.32 Å². The van der Waals surface area contributed by atoms with E-state index in [1.54, 1.807) is 12.2 Å². The van der Waals surface area contributed by atoms with Gasteiger partial charge in [0, 0.05) is 13.1 Å². The number of rotatable bonds is 2. The van der Waals surface area contributed by atoms with E-state index in [0.29, 0.717) is 0 Å². The summed E-state index contributed by atoms with van der Waals surface area (Å²) in [6.45, 7) is 4.87. The van der Waals surface area contributed by atoms with Crippen molar-refractivity contribution in [2.24, 2.45) is 0 Å². The Morgan fingerprint density at radius 2 is 2.38 bits per heavy atom.